The predicted octanol–water partition coefficient (Wildman–Crippen LogP) is 6.92. The minimum Gasteiger partial charge on any atom is -0.492 e. The third-order valence-corrected chi connectivity index (χ3v) is 8.08. The molecule has 4 aromatic rings. The van der Waals surface area contributed by atoms with E-state index >= 15 is 0 Å². The molecule has 3 aromatic carbocycles. The van der Waals surface area contributed by atoms with Gasteiger partial charge in [-0.15, -0.1) is 0 Å². The molecule has 0 aliphatic carbocycles. The Bertz CT molecular complexity index is 1500. The van der Waals surface area contributed by atoms with Crippen LogP contribution in [0.5, 0.6) is 11.5 Å². The lowest BCUT2D eigenvalue weighted by Gasteiger charge is -2.32. The van der Waals surface area contributed by atoms with Gasteiger partial charge in [-0.05, 0) is 69.8 Å². The number of aryl methyl sites for hydroxylation is 1. The molecule has 1 aliphatic heterocycles. The summed E-state index contributed by atoms with van der Waals surface area (Å²) >= 11 is 13.4. The zero-order chi connectivity index (χ0) is 28.4. The standard InChI is InChI=1S/C31H35Cl2FN4O2/c1-20(2)40-23-7-10-29-28(18-23)35-31(38(29)19-25-27(34)9-5-21(3)30(25)33)24-8-6-22(17-26(24)32)39-16-15-37-13-11-36(4)12-14-37/h5-10,17-18,20H,11-16,19H2,1-4H3. The lowest BCUT2D eigenvalue weighted by atomic mass is 10.1. The van der Waals surface area contributed by atoms with Crippen LogP contribution in [0.25, 0.3) is 22.4 Å². The normalized spacial score (nSPS) is 14.8. The zero-order valence-electron chi connectivity index (χ0n) is 23.4. The summed E-state index contributed by atoms with van der Waals surface area (Å²) in [5.41, 5.74) is 3.49. The molecule has 9 heteroatoms. The Balaban J connectivity index is 1.46. The summed E-state index contributed by atoms with van der Waals surface area (Å²) in [6.07, 6.45) is 0.0254. The Morgan fingerprint density at radius 3 is 2.45 bits per heavy atom. The fourth-order valence-electron chi connectivity index (χ4n) is 4.97. The number of rotatable bonds is 9. The fourth-order valence-corrected chi connectivity index (χ4v) is 5.44. The van der Waals surface area contributed by atoms with Crippen LogP contribution < -0.4 is 9.47 Å². The smallest absolute Gasteiger partial charge is 0.142 e. The highest BCUT2D eigenvalue weighted by Gasteiger charge is 2.20. The molecule has 0 spiro atoms. The maximum atomic E-state index is 15.0. The Kier molecular flexibility index (Phi) is 8.86. The number of halogens is 3. The van der Waals surface area contributed by atoms with Crippen molar-refractivity contribution < 1.29 is 13.9 Å². The second-order valence-corrected chi connectivity index (χ2v) is 11.4. The van der Waals surface area contributed by atoms with E-state index in [-0.39, 0.29) is 18.5 Å². The Morgan fingerprint density at radius 1 is 0.975 bits per heavy atom. The molecule has 0 atom stereocenters. The van der Waals surface area contributed by atoms with E-state index in [0.29, 0.717) is 39.5 Å². The van der Waals surface area contributed by atoms with Gasteiger partial charge in [0.1, 0.15) is 29.7 Å². The molecule has 0 radical (unpaired) electrons. The van der Waals surface area contributed by atoms with Crippen LogP contribution in [0, 0.1) is 12.7 Å². The molecular weight excluding hydrogens is 550 g/mol. The van der Waals surface area contributed by atoms with E-state index in [1.807, 2.05) is 61.7 Å². The molecule has 6 nitrogen and oxygen atoms in total. The van der Waals surface area contributed by atoms with E-state index in [0.717, 1.165) is 54.9 Å². The first-order chi connectivity index (χ1) is 19.2. The van der Waals surface area contributed by atoms with Crippen LogP contribution in [0.1, 0.15) is 25.0 Å². The summed E-state index contributed by atoms with van der Waals surface area (Å²) in [4.78, 5) is 9.67. The van der Waals surface area contributed by atoms with Crippen molar-refractivity contribution in [3.05, 3.63) is 75.5 Å². The van der Waals surface area contributed by atoms with Crippen molar-refractivity contribution >= 4 is 34.2 Å². The van der Waals surface area contributed by atoms with Crippen molar-refractivity contribution in [1.29, 1.82) is 0 Å². The van der Waals surface area contributed by atoms with Crippen LogP contribution in [0.2, 0.25) is 10.0 Å². The highest BCUT2D eigenvalue weighted by Crippen LogP contribution is 2.36. The summed E-state index contributed by atoms with van der Waals surface area (Å²) in [5.74, 6) is 1.67. The highest BCUT2D eigenvalue weighted by molar-refractivity contribution is 6.33. The lowest BCUT2D eigenvalue weighted by Crippen LogP contribution is -2.45. The van der Waals surface area contributed by atoms with E-state index in [9.17, 15) is 4.39 Å². The van der Waals surface area contributed by atoms with Crippen LogP contribution in [0.4, 0.5) is 4.39 Å². The van der Waals surface area contributed by atoms with Crippen molar-refractivity contribution in [3.63, 3.8) is 0 Å². The largest absolute Gasteiger partial charge is 0.492 e. The van der Waals surface area contributed by atoms with Crippen molar-refractivity contribution in [2.24, 2.45) is 0 Å². The second kappa shape index (κ2) is 12.4. The summed E-state index contributed by atoms with van der Waals surface area (Å²) in [5, 5.41) is 0.908. The van der Waals surface area contributed by atoms with Crippen molar-refractivity contribution in [2.75, 3.05) is 46.4 Å². The van der Waals surface area contributed by atoms with Crippen LogP contribution in [-0.2, 0) is 6.54 Å². The molecule has 5 rings (SSSR count). The molecule has 1 aliphatic rings. The average Bonchev–Trinajstić information content (AvgIpc) is 3.26. The minimum atomic E-state index is -0.363. The van der Waals surface area contributed by atoms with E-state index in [2.05, 4.69) is 16.8 Å². The van der Waals surface area contributed by atoms with Crippen molar-refractivity contribution in [2.45, 2.75) is 33.4 Å². The number of fused-ring (bicyclic) bond motifs is 1. The monoisotopic (exact) mass is 584 g/mol. The number of imidazole rings is 1. The lowest BCUT2D eigenvalue weighted by molar-refractivity contribution is 0.134. The van der Waals surface area contributed by atoms with E-state index in [4.69, 9.17) is 37.7 Å². The van der Waals surface area contributed by atoms with E-state index in [1.165, 1.54) is 6.07 Å². The second-order valence-electron chi connectivity index (χ2n) is 10.6. The van der Waals surface area contributed by atoms with Gasteiger partial charge in [0.15, 0.2) is 0 Å². The number of piperazine rings is 1. The number of likely N-dealkylation sites (N-methyl/N-ethyl adjacent to an activating group) is 1. The van der Waals surface area contributed by atoms with Gasteiger partial charge in [0.2, 0.25) is 0 Å². The van der Waals surface area contributed by atoms with E-state index in [1.54, 1.807) is 6.07 Å². The van der Waals surface area contributed by atoms with Gasteiger partial charge in [0.25, 0.3) is 0 Å². The SMILES string of the molecule is Cc1ccc(F)c(Cn2c(-c3ccc(OCCN4CCN(C)CC4)cc3Cl)nc3cc(OC(C)C)ccc32)c1Cl. The molecule has 1 aromatic heterocycles. The molecule has 1 fully saturated rings. The Morgan fingerprint density at radius 2 is 1.73 bits per heavy atom. The van der Waals surface area contributed by atoms with Crippen LogP contribution in [-0.4, -0.2) is 71.8 Å². The number of nitrogens with zero attached hydrogens (tertiary/aromatic N) is 4. The molecule has 0 amide bonds. The Hall–Kier alpha value is -2.84. The van der Waals surface area contributed by atoms with Gasteiger partial charge in [-0.25, -0.2) is 9.37 Å². The molecule has 0 unspecified atom stereocenters. The number of benzene rings is 3. The first kappa shape index (κ1) is 28.7. The zero-order valence-corrected chi connectivity index (χ0v) is 24.9. The summed E-state index contributed by atoms with van der Waals surface area (Å²) < 4.78 is 28.9. The Labute approximate surface area is 245 Å². The molecular formula is C31H35Cl2FN4O2. The minimum absolute atomic E-state index is 0.0254. The third-order valence-electron chi connectivity index (χ3n) is 7.24. The summed E-state index contributed by atoms with van der Waals surface area (Å²) in [7, 11) is 2.15. The summed E-state index contributed by atoms with van der Waals surface area (Å²) in [6, 6.07) is 14.5. The van der Waals surface area contributed by atoms with Gasteiger partial charge in [0, 0.05) is 49.9 Å². The highest BCUT2D eigenvalue weighted by atomic mass is 35.5. The van der Waals surface area contributed by atoms with Gasteiger partial charge in [-0.1, -0.05) is 29.3 Å². The number of hydrogen-bond donors (Lipinski definition) is 0. The van der Waals surface area contributed by atoms with Gasteiger partial charge >= 0.3 is 0 Å². The predicted molar refractivity (Wildman–Crippen MR) is 161 cm³/mol. The van der Waals surface area contributed by atoms with Crippen LogP contribution in [0.15, 0.2) is 48.5 Å². The van der Waals surface area contributed by atoms with Gasteiger partial charge in [-0.3, -0.25) is 4.90 Å². The van der Waals surface area contributed by atoms with Gasteiger partial charge in [-0.2, -0.15) is 0 Å². The number of ether oxygens (including phenoxy) is 2. The third kappa shape index (κ3) is 6.39. The quantitative estimate of drug-likeness (QED) is 0.213. The molecule has 0 saturated carbocycles. The summed E-state index contributed by atoms with van der Waals surface area (Å²) in [6.45, 7) is 11.7. The maximum Gasteiger partial charge on any atom is 0.142 e. The average molecular weight is 586 g/mol. The number of aromatic nitrogens is 2. The first-order valence-electron chi connectivity index (χ1n) is 13.6. The van der Waals surface area contributed by atoms with Crippen molar-refractivity contribution in [3.8, 4) is 22.9 Å². The topological polar surface area (TPSA) is 42.8 Å². The molecule has 212 valence electrons. The molecule has 0 bridgehead atoms. The first-order valence-corrected chi connectivity index (χ1v) is 14.4. The number of hydrogen-bond acceptors (Lipinski definition) is 5. The van der Waals surface area contributed by atoms with Crippen LogP contribution in [0.3, 0.4) is 0 Å². The van der Waals surface area contributed by atoms with Crippen LogP contribution >= 0.6 is 23.2 Å². The molecule has 40 heavy (non-hydrogen) atoms. The van der Waals surface area contributed by atoms with Gasteiger partial charge in [0.05, 0.1) is 33.7 Å². The molecule has 1 saturated heterocycles. The van der Waals surface area contributed by atoms with E-state index < -0.39 is 0 Å². The molecule has 2 heterocycles. The maximum absolute atomic E-state index is 15.0. The molecule has 0 N–H and O–H groups in total. The fraction of sp³-hybridized carbons (Fsp3) is 0.387. The van der Waals surface area contributed by atoms with Gasteiger partial charge < -0.3 is 18.9 Å². The van der Waals surface area contributed by atoms with Crippen molar-refractivity contribution in [1.82, 2.24) is 19.4 Å².